The Bertz CT molecular complexity index is 510. The largest absolute Gasteiger partial charge is 0.364 e. The van der Waals surface area contributed by atoms with Crippen molar-refractivity contribution >= 4 is 11.5 Å². The fraction of sp³-hybridized carbons (Fsp3) is 0.444. The van der Waals surface area contributed by atoms with Gasteiger partial charge in [-0.2, -0.15) is 9.61 Å². The molecule has 2 rings (SSSR count). The number of fused-ring (bicyclic) bond motifs is 1. The molecule has 80 valence electrons. The molecule has 0 saturated carbocycles. The summed E-state index contributed by atoms with van der Waals surface area (Å²) in [4.78, 5) is 13.4. The zero-order chi connectivity index (χ0) is 10.8. The van der Waals surface area contributed by atoms with Gasteiger partial charge in [0.25, 0.3) is 0 Å². The minimum atomic E-state index is -0.306. The molecule has 1 N–H and O–H groups in total. The fourth-order valence-electron chi connectivity index (χ4n) is 1.51. The number of nitrogens with one attached hydrogen (secondary N) is 1. The second-order valence-corrected chi connectivity index (χ2v) is 3.16. The molecule has 0 bridgehead atoms. The molecule has 2 aromatic heterocycles. The van der Waals surface area contributed by atoms with Crippen molar-refractivity contribution < 1.29 is 0 Å². The Balaban J connectivity index is 2.54. The highest BCUT2D eigenvalue weighted by Crippen LogP contribution is 2.08. The predicted molar refractivity (Wildman–Crippen MR) is 57.2 cm³/mol. The first-order valence-corrected chi connectivity index (χ1v) is 4.95. The van der Waals surface area contributed by atoms with E-state index in [1.54, 1.807) is 6.07 Å². The number of nitrogens with zero attached hydrogens (tertiary/aromatic N) is 4. The Morgan fingerprint density at radius 1 is 1.40 bits per heavy atom. The van der Waals surface area contributed by atoms with Gasteiger partial charge in [0.1, 0.15) is 5.82 Å². The first kappa shape index (κ1) is 9.70. The lowest BCUT2D eigenvalue weighted by Crippen LogP contribution is -2.25. The molecule has 15 heavy (non-hydrogen) atoms. The van der Waals surface area contributed by atoms with Crippen LogP contribution in [0, 0.1) is 0 Å². The van der Waals surface area contributed by atoms with Crippen LogP contribution in [-0.2, 0) is 0 Å². The first-order chi connectivity index (χ1) is 7.26. The molecule has 0 radical (unpaired) electrons. The van der Waals surface area contributed by atoms with Crippen molar-refractivity contribution in [3.63, 3.8) is 0 Å². The zero-order valence-electron chi connectivity index (χ0n) is 8.77. The van der Waals surface area contributed by atoms with E-state index in [4.69, 9.17) is 0 Å². The number of anilines is 1. The quantitative estimate of drug-likeness (QED) is 0.784. The highest BCUT2D eigenvalue weighted by atomic mass is 16.2. The summed E-state index contributed by atoms with van der Waals surface area (Å²) in [5.41, 5.74) is 0.231. The highest BCUT2D eigenvalue weighted by molar-refractivity contribution is 5.44. The van der Waals surface area contributed by atoms with Gasteiger partial charge in [-0.05, 0) is 26.0 Å². The number of aromatic nitrogens is 4. The van der Waals surface area contributed by atoms with E-state index in [2.05, 4.69) is 20.2 Å². The predicted octanol–water partition coefficient (Wildman–Crippen LogP) is 0.264. The molecule has 6 nitrogen and oxygen atoms in total. The molecule has 0 aliphatic carbocycles. The van der Waals surface area contributed by atoms with Gasteiger partial charge in [-0.1, -0.05) is 0 Å². The van der Waals surface area contributed by atoms with E-state index >= 15 is 0 Å². The highest BCUT2D eigenvalue weighted by Gasteiger charge is 2.06. The average Bonchev–Trinajstić information content (AvgIpc) is 2.62. The molecule has 0 aliphatic rings. The van der Waals surface area contributed by atoms with E-state index in [0.717, 1.165) is 18.9 Å². The van der Waals surface area contributed by atoms with Gasteiger partial charge in [-0.3, -0.25) is 0 Å². The van der Waals surface area contributed by atoms with Crippen LogP contribution in [0.15, 0.2) is 16.9 Å². The second-order valence-electron chi connectivity index (χ2n) is 3.16. The van der Waals surface area contributed by atoms with Crippen LogP contribution in [0.5, 0.6) is 0 Å². The molecule has 6 heteroatoms. The Kier molecular flexibility index (Phi) is 2.40. The number of hydrogen-bond donors (Lipinski definition) is 1. The SMILES string of the molecule is CCN(CC)c1ccc2n[nH]c(=O)n2n1. The van der Waals surface area contributed by atoms with Gasteiger partial charge >= 0.3 is 5.69 Å². The fourth-order valence-corrected chi connectivity index (χ4v) is 1.51. The molecular weight excluding hydrogens is 194 g/mol. The summed E-state index contributed by atoms with van der Waals surface area (Å²) < 4.78 is 1.27. The van der Waals surface area contributed by atoms with Gasteiger partial charge in [0.15, 0.2) is 5.65 Å². The standard InChI is InChI=1S/C9H13N5O/c1-3-13(4-2)8-6-5-7-10-11-9(15)14(7)12-8/h5-6H,3-4H2,1-2H3,(H,11,15). The van der Waals surface area contributed by atoms with Crippen molar-refractivity contribution in [2.45, 2.75) is 13.8 Å². The van der Waals surface area contributed by atoms with Crippen molar-refractivity contribution in [2.24, 2.45) is 0 Å². The zero-order valence-corrected chi connectivity index (χ0v) is 8.77. The van der Waals surface area contributed by atoms with Crippen molar-refractivity contribution in [2.75, 3.05) is 18.0 Å². The van der Waals surface area contributed by atoms with Crippen molar-refractivity contribution in [3.05, 3.63) is 22.6 Å². The van der Waals surface area contributed by atoms with Gasteiger partial charge in [0, 0.05) is 13.1 Å². The number of hydrogen-bond acceptors (Lipinski definition) is 4. The molecule has 0 saturated heterocycles. The Morgan fingerprint density at radius 3 is 2.80 bits per heavy atom. The second kappa shape index (κ2) is 3.72. The molecule has 2 aromatic rings. The van der Waals surface area contributed by atoms with E-state index in [1.807, 2.05) is 19.9 Å². The molecule has 0 atom stereocenters. The molecule has 0 aromatic carbocycles. The molecule has 0 fully saturated rings. The molecule has 0 amide bonds. The van der Waals surface area contributed by atoms with Crippen LogP contribution < -0.4 is 10.6 Å². The van der Waals surface area contributed by atoms with Crippen LogP contribution in [0.25, 0.3) is 5.65 Å². The third kappa shape index (κ3) is 1.58. The molecule has 0 aliphatic heterocycles. The molecule has 2 heterocycles. The van der Waals surface area contributed by atoms with Crippen LogP contribution >= 0.6 is 0 Å². The molecule has 0 unspecified atom stereocenters. The first-order valence-electron chi connectivity index (χ1n) is 4.95. The molecular formula is C9H13N5O. The number of H-pyrrole nitrogens is 1. The summed E-state index contributed by atoms with van der Waals surface area (Å²) in [5, 5.41) is 10.4. The van der Waals surface area contributed by atoms with E-state index in [1.165, 1.54) is 4.52 Å². The van der Waals surface area contributed by atoms with Gasteiger partial charge in [0.05, 0.1) is 0 Å². The van der Waals surface area contributed by atoms with Crippen LogP contribution in [0.2, 0.25) is 0 Å². The summed E-state index contributed by atoms with van der Waals surface area (Å²) in [6.45, 7) is 5.82. The van der Waals surface area contributed by atoms with Gasteiger partial charge in [0.2, 0.25) is 0 Å². The van der Waals surface area contributed by atoms with E-state index < -0.39 is 0 Å². The lowest BCUT2D eigenvalue weighted by Gasteiger charge is -2.18. The van der Waals surface area contributed by atoms with Crippen molar-refractivity contribution in [1.29, 1.82) is 0 Å². The van der Waals surface area contributed by atoms with Crippen molar-refractivity contribution in [1.82, 2.24) is 19.8 Å². The van der Waals surface area contributed by atoms with Gasteiger partial charge in [-0.25, -0.2) is 9.89 Å². The maximum Gasteiger partial charge on any atom is 0.364 e. The van der Waals surface area contributed by atoms with Gasteiger partial charge in [-0.15, -0.1) is 5.10 Å². The normalized spacial score (nSPS) is 10.8. The summed E-state index contributed by atoms with van der Waals surface area (Å²) in [6, 6.07) is 3.64. The minimum Gasteiger partial charge on any atom is -0.356 e. The Hall–Kier alpha value is -1.85. The maximum absolute atomic E-state index is 11.3. The third-order valence-electron chi connectivity index (χ3n) is 2.35. The van der Waals surface area contributed by atoms with E-state index in [9.17, 15) is 4.79 Å². The smallest absolute Gasteiger partial charge is 0.356 e. The summed E-state index contributed by atoms with van der Waals surface area (Å²) in [5.74, 6) is 0.788. The lowest BCUT2D eigenvalue weighted by atomic mass is 10.4. The van der Waals surface area contributed by atoms with Gasteiger partial charge < -0.3 is 4.90 Å². The minimum absolute atomic E-state index is 0.306. The number of rotatable bonds is 3. The Labute approximate surface area is 86.5 Å². The van der Waals surface area contributed by atoms with E-state index in [0.29, 0.717) is 5.65 Å². The Morgan fingerprint density at radius 2 is 2.13 bits per heavy atom. The summed E-state index contributed by atoms with van der Waals surface area (Å²) in [7, 11) is 0. The average molecular weight is 207 g/mol. The monoisotopic (exact) mass is 207 g/mol. The summed E-state index contributed by atoms with van der Waals surface area (Å²) >= 11 is 0. The maximum atomic E-state index is 11.3. The van der Waals surface area contributed by atoms with Crippen LogP contribution in [0.3, 0.4) is 0 Å². The third-order valence-corrected chi connectivity index (χ3v) is 2.35. The van der Waals surface area contributed by atoms with Crippen molar-refractivity contribution in [3.8, 4) is 0 Å². The lowest BCUT2D eigenvalue weighted by molar-refractivity contribution is 0.795. The van der Waals surface area contributed by atoms with Crippen LogP contribution in [0.4, 0.5) is 5.82 Å². The molecule has 0 spiro atoms. The summed E-state index contributed by atoms with van der Waals surface area (Å²) in [6.07, 6.45) is 0. The van der Waals surface area contributed by atoms with Crippen LogP contribution in [-0.4, -0.2) is 32.9 Å². The van der Waals surface area contributed by atoms with Crippen LogP contribution in [0.1, 0.15) is 13.8 Å². The topological polar surface area (TPSA) is 66.3 Å². The number of aromatic amines is 1. The van der Waals surface area contributed by atoms with E-state index in [-0.39, 0.29) is 5.69 Å².